The van der Waals surface area contributed by atoms with Gasteiger partial charge in [-0.1, -0.05) is 36.7 Å². The van der Waals surface area contributed by atoms with Gasteiger partial charge >= 0.3 is 0 Å². The van der Waals surface area contributed by atoms with Gasteiger partial charge in [0.1, 0.15) is 5.69 Å². The molecule has 0 fully saturated rings. The highest BCUT2D eigenvalue weighted by Crippen LogP contribution is 2.29. The first kappa shape index (κ1) is 16.5. The molecular weight excluding hydrogens is 348 g/mol. The highest BCUT2D eigenvalue weighted by molar-refractivity contribution is 6.30. The zero-order chi connectivity index (χ0) is 18.1. The molecule has 130 valence electrons. The van der Waals surface area contributed by atoms with Crippen molar-refractivity contribution >= 4 is 22.6 Å². The lowest BCUT2D eigenvalue weighted by atomic mass is 9.98. The van der Waals surface area contributed by atoms with Crippen LogP contribution >= 0.6 is 11.6 Å². The molecular formula is C20H17ClN4O. The van der Waals surface area contributed by atoms with Gasteiger partial charge in [0, 0.05) is 17.4 Å². The SMILES string of the molecule is CCc1nc2cc(C(c3ccc(Cl)cc3)n3ccnc3)ccc2[nH]c1=O. The minimum Gasteiger partial charge on any atom is -0.326 e. The van der Waals surface area contributed by atoms with Crippen molar-refractivity contribution < 1.29 is 0 Å². The zero-order valence-electron chi connectivity index (χ0n) is 14.2. The van der Waals surface area contributed by atoms with Crippen LogP contribution in [0.25, 0.3) is 11.0 Å². The number of aromatic nitrogens is 4. The maximum atomic E-state index is 12.0. The van der Waals surface area contributed by atoms with Crippen molar-refractivity contribution in [1.29, 1.82) is 0 Å². The van der Waals surface area contributed by atoms with Crippen molar-refractivity contribution in [2.24, 2.45) is 0 Å². The molecule has 1 atom stereocenters. The van der Waals surface area contributed by atoms with E-state index in [2.05, 4.69) is 15.0 Å². The molecule has 4 rings (SSSR count). The van der Waals surface area contributed by atoms with E-state index in [-0.39, 0.29) is 11.6 Å². The third-order valence-electron chi connectivity index (χ3n) is 4.45. The molecule has 0 bridgehead atoms. The van der Waals surface area contributed by atoms with Crippen molar-refractivity contribution in [1.82, 2.24) is 19.5 Å². The minimum atomic E-state index is -0.128. The van der Waals surface area contributed by atoms with Gasteiger partial charge in [-0.2, -0.15) is 0 Å². The Kier molecular flexibility index (Phi) is 4.31. The molecule has 2 aromatic carbocycles. The Labute approximate surface area is 155 Å². The fraction of sp³-hybridized carbons (Fsp3) is 0.150. The third-order valence-corrected chi connectivity index (χ3v) is 4.70. The van der Waals surface area contributed by atoms with Gasteiger partial charge in [-0.15, -0.1) is 0 Å². The second-order valence-electron chi connectivity index (χ2n) is 6.11. The van der Waals surface area contributed by atoms with Gasteiger partial charge in [0.2, 0.25) is 0 Å². The van der Waals surface area contributed by atoms with Crippen molar-refractivity contribution in [3.63, 3.8) is 0 Å². The number of imidazole rings is 1. The van der Waals surface area contributed by atoms with Crippen LogP contribution in [-0.2, 0) is 6.42 Å². The Morgan fingerprint density at radius 3 is 2.62 bits per heavy atom. The van der Waals surface area contributed by atoms with Crippen LogP contribution in [0.2, 0.25) is 5.02 Å². The molecule has 2 heterocycles. The summed E-state index contributed by atoms with van der Waals surface area (Å²) in [6.07, 6.45) is 6.08. The van der Waals surface area contributed by atoms with Gasteiger partial charge < -0.3 is 9.55 Å². The number of H-pyrrole nitrogens is 1. The molecule has 0 saturated carbocycles. The summed E-state index contributed by atoms with van der Waals surface area (Å²) in [7, 11) is 0. The highest BCUT2D eigenvalue weighted by atomic mass is 35.5. The molecule has 4 aromatic rings. The van der Waals surface area contributed by atoms with Gasteiger partial charge in [-0.05, 0) is 41.8 Å². The van der Waals surface area contributed by atoms with Gasteiger partial charge in [-0.25, -0.2) is 9.97 Å². The van der Waals surface area contributed by atoms with Crippen LogP contribution in [0.4, 0.5) is 0 Å². The third kappa shape index (κ3) is 3.02. The number of rotatable bonds is 4. The summed E-state index contributed by atoms with van der Waals surface area (Å²) < 4.78 is 2.04. The quantitative estimate of drug-likeness (QED) is 0.596. The van der Waals surface area contributed by atoms with Crippen LogP contribution < -0.4 is 5.56 Å². The second kappa shape index (κ2) is 6.77. The van der Waals surface area contributed by atoms with Crippen LogP contribution in [-0.4, -0.2) is 19.5 Å². The number of hydrogen-bond donors (Lipinski definition) is 1. The number of halogens is 1. The van der Waals surface area contributed by atoms with Crippen LogP contribution in [0.5, 0.6) is 0 Å². The molecule has 6 heteroatoms. The van der Waals surface area contributed by atoms with Crippen LogP contribution in [0.3, 0.4) is 0 Å². The maximum Gasteiger partial charge on any atom is 0.270 e. The van der Waals surface area contributed by atoms with E-state index in [9.17, 15) is 4.79 Å². The summed E-state index contributed by atoms with van der Waals surface area (Å²) in [5.41, 5.74) is 4.07. The number of aryl methyl sites for hydroxylation is 1. The molecule has 0 aliphatic heterocycles. The maximum absolute atomic E-state index is 12.0. The van der Waals surface area contributed by atoms with Crippen molar-refractivity contribution in [2.75, 3.05) is 0 Å². The average Bonchev–Trinajstić information content (AvgIpc) is 3.17. The normalized spacial score (nSPS) is 12.4. The van der Waals surface area contributed by atoms with Crippen LogP contribution in [0, 0.1) is 0 Å². The van der Waals surface area contributed by atoms with Gasteiger partial charge in [0.25, 0.3) is 5.56 Å². The van der Waals surface area contributed by atoms with Crippen LogP contribution in [0.1, 0.15) is 29.8 Å². The topological polar surface area (TPSA) is 63.6 Å². The predicted octanol–water partition coefficient (Wildman–Crippen LogP) is 3.97. The smallest absolute Gasteiger partial charge is 0.270 e. The summed E-state index contributed by atoms with van der Waals surface area (Å²) in [6.45, 7) is 1.93. The lowest BCUT2D eigenvalue weighted by Gasteiger charge is -2.20. The van der Waals surface area contributed by atoms with Crippen LogP contribution in [0.15, 0.2) is 66.0 Å². The number of fused-ring (bicyclic) bond motifs is 1. The summed E-state index contributed by atoms with van der Waals surface area (Å²) >= 11 is 6.05. The molecule has 0 aliphatic rings. The first-order chi connectivity index (χ1) is 12.7. The van der Waals surface area contributed by atoms with Crippen molar-refractivity contribution in [3.05, 3.63) is 93.4 Å². The van der Waals surface area contributed by atoms with Crippen molar-refractivity contribution in [2.45, 2.75) is 19.4 Å². The first-order valence-electron chi connectivity index (χ1n) is 8.41. The summed E-state index contributed by atoms with van der Waals surface area (Å²) in [5.74, 6) is 0. The van der Waals surface area contributed by atoms with E-state index in [0.717, 1.165) is 22.2 Å². The fourth-order valence-electron chi connectivity index (χ4n) is 3.15. The van der Waals surface area contributed by atoms with Gasteiger partial charge in [-0.3, -0.25) is 4.79 Å². The number of benzene rings is 2. The molecule has 0 radical (unpaired) electrons. The molecule has 5 nitrogen and oxygen atoms in total. The first-order valence-corrected chi connectivity index (χ1v) is 8.79. The molecule has 0 spiro atoms. The molecule has 2 aromatic heterocycles. The average molecular weight is 365 g/mol. The second-order valence-corrected chi connectivity index (χ2v) is 6.54. The Morgan fingerprint density at radius 1 is 1.15 bits per heavy atom. The number of nitrogens with zero attached hydrogens (tertiary/aromatic N) is 3. The zero-order valence-corrected chi connectivity index (χ0v) is 14.9. The van der Waals surface area contributed by atoms with E-state index in [1.807, 2.05) is 60.2 Å². The Bertz CT molecular complexity index is 1100. The monoisotopic (exact) mass is 364 g/mol. The van der Waals surface area contributed by atoms with Gasteiger partial charge in [0.05, 0.1) is 23.4 Å². The highest BCUT2D eigenvalue weighted by Gasteiger charge is 2.17. The number of aromatic amines is 1. The molecule has 1 N–H and O–H groups in total. The number of hydrogen-bond acceptors (Lipinski definition) is 3. The Morgan fingerprint density at radius 2 is 1.92 bits per heavy atom. The fourth-order valence-corrected chi connectivity index (χ4v) is 3.28. The lowest BCUT2D eigenvalue weighted by molar-refractivity contribution is 0.677. The molecule has 0 saturated heterocycles. The Hall–Kier alpha value is -2.92. The van der Waals surface area contributed by atoms with E-state index in [0.29, 0.717) is 17.1 Å². The summed E-state index contributed by atoms with van der Waals surface area (Å²) in [6, 6.07) is 13.6. The molecule has 0 amide bonds. The van der Waals surface area contributed by atoms with E-state index >= 15 is 0 Å². The summed E-state index contributed by atoms with van der Waals surface area (Å²) in [4.78, 5) is 23.6. The molecule has 1 unspecified atom stereocenters. The minimum absolute atomic E-state index is 0.0574. The van der Waals surface area contributed by atoms with E-state index in [1.54, 1.807) is 12.5 Å². The lowest BCUT2D eigenvalue weighted by Crippen LogP contribution is -2.15. The van der Waals surface area contributed by atoms with Gasteiger partial charge in [0.15, 0.2) is 0 Å². The van der Waals surface area contributed by atoms with E-state index in [1.165, 1.54) is 0 Å². The largest absolute Gasteiger partial charge is 0.326 e. The molecule has 0 aliphatic carbocycles. The van der Waals surface area contributed by atoms with E-state index < -0.39 is 0 Å². The van der Waals surface area contributed by atoms with Crippen molar-refractivity contribution in [3.8, 4) is 0 Å². The Balaban J connectivity index is 1.89. The summed E-state index contributed by atoms with van der Waals surface area (Å²) in [5, 5.41) is 0.698. The molecule has 26 heavy (non-hydrogen) atoms. The van der Waals surface area contributed by atoms with E-state index in [4.69, 9.17) is 11.6 Å². The standard InChI is InChI=1S/C20H17ClN4O/c1-2-16-20(26)24-17-8-5-14(11-18(17)23-16)19(25-10-9-22-12-25)13-3-6-15(21)7-4-13/h3-12,19H,2H2,1H3,(H,24,26). The predicted molar refractivity (Wildman–Crippen MR) is 103 cm³/mol. The number of nitrogens with one attached hydrogen (secondary N) is 1.